The molecule has 0 aromatic heterocycles. The number of rotatable bonds is 6. The maximum Gasteiger partial charge on any atom is 0.128 e. The summed E-state index contributed by atoms with van der Waals surface area (Å²) in [7, 11) is -0.895. The van der Waals surface area contributed by atoms with Gasteiger partial charge in [-0.3, -0.25) is 0 Å². The molecular formula is C22H23OSi. The fourth-order valence-corrected chi connectivity index (χ4v) is 6.05. The van der Waals surface area contributed by atoms with Crippen molar-refractivity contribution in [2.24, 2.45) is 0 Å². The second kappa shape index (κ2) is 7.98. The lowest BCUT2D eigenvalue weighted by atomic mass is 10.1. The van der Waals surface area contributed by atoms with Crippen LogP contribution >= 0.6 is 0 Å². The Morgan fingerprint density at radius 3 is 1.71 bits per heavy atom. The van der Waals surface area contributed by atoms with Crippen molar-refractivity contribution < 1.29 is 4.74 Å². The van der Waals surface area contributed by atoms with E-state index in [1.54, 1.807) is 0 Å². The van der Waals surface area contributed by atoms with Gasteiger partial charge in [0.25, 0.3) is 0 Å². The molecule has 0 aliphatic carbocycles. The monoisotopic (exact) mass is 331 g/mol. The average molecular weight is 332 g/mol. The summed E-state index contributed by atoms with van der Waals surface area (Å²) in [5.41, 5.74) is 1.86. The predicted molar refractivity (Wildman–Crippen MR) is 104 cm³/mol. The summed E-state index contributed by atoms with van der Waals surface area (Å²) >= 11 is 0. The number of hydrogen-bond donors (Lipinski definition) is 0. The third kappa shape index (κ3) is 3.77. The first-order valence-corrected chi connectivity index (χ1v) is 10.1. The molecule has 24 heavy (non-hydrogen) atoms. The second-order valence-corrected chi connectivity index (χ2v) is 8.72. The van der Waals surface area contributed by atoms with Gasteiger partial charge in [-0.05, 0) is 30.2 Å². The van der Waals surface area contributed by atoms with Gasteiger partial charge in [0.15, 0.2) is 0 Å². The highest BCUT2D eigenvalue weighted by Crippen LogP contribution is 2.22. The van der Waals surface area contributed by atoms with Crippen molar-refractivity contribution in [2.75, 3.05) is 6.61 Å². The number of hydrogen-bond acceptors (Lipinski definition) is 1. The van der Waals surface area contributed by atoms with Gasteiger partial charge in [-0.25, -0.2) is 0 Å². The zero-order chi connectivity index (χ0) is 16.8. The number of benzene rings is 3. The Balaban J connectivity index is 1.96. The molecule has 0 bridgehead atoms. The third-order valence-corrected chi connectivity index (χ3v) is 7.40. The van der Waals surface area contributed by atoms with Gasteiger partial charge in [-0.1, -0.05) is 90.1 Å². The maximum atomic E-state index is 5.58. The Morgan fingerprint density at radius 1 is 0.750 bits per heavy atom. The van der Waals surface area contributed by atoms with Gasteiger partial charge in [0.1, 0.15) is 14.5 Å². The van der Waals surface area contributed by atoms with E-state index in [1.807, 2.05) is 6.92 Å². The molecule has 3 aromatic carbocycles. The minimum Gasteiger partial charge on any atom is -0.494 e. The van der Waals surface area contributed by atoms with Gasteiger partial charge in [-0.2, -0.15) is 0 Å². The third-order valence-electron chi connectivity index (χ3n) is 4.29. The molecule has 3 rings (SSSR count). The standard InChI is InChI=1S/C22H23OSi/c1-3-23-20-16-14-19(15-17-20)18(2)24(21-10-6-4-7-11-21)22-12-8-5-9-13-22/h4-18H,3H2,1-2H3. The van der Waals surface area contributed by atoms with Crippen LogP contribution in [0.2, 0.25) is 0 Å². The summed E-state index contributed by atoms with van der Waals surface area (Å²) in [6.07, 6.45) is 0. The van der Waals surface area contributed by atoms with Crippen molar-refractivity contribution in [1.29, 1.82) is 0 Å². The van der Waals surface area contributed by atoms with Crippen LogP contribution in [0.5, 0.6) is 5.75 Å². The van der Waals surface area contributed by atoms with Crippen LogP contribution in [0.3, 0.4) is 0 Å². The topological polar surface area (TPSA) is 9.23 Å². The van der Waals surface area contributed by atoms with E-state index in [2.05, 4.69) is 91.9 Å². The maximum absolute atomic E-state index is 5.58. The van der Waals surface area contributed by atoms with Crippen LogP contribution in [0.25, 0.3) is 0 Å². The van der Waals surface area contributed by atoms with Gasteiger partial charge in [-0.15, -0.1) is 0 Å². The van der Waals surface area contributed by atoms with Crippen molar-refractivity contribution >= 4 is 19.2 Å². The molecule has 1 radical (unpaired) electrons. The lowest BCUT2D eigenvalue weighted by Gasteiger charge is -2.24. The molecule has 1 unspecified atom stereocenters. The van der Waals surface area contributed by atoms with Crippen molar-refractivity contribution in [2.45, 2.75) is 19.4 Å². The highest BCUT2D eigenvalue weighted by Gasteiger charge is 2.25. The minimum absolute atomic E-state index is 0.482. The second-order valence-electron chi connectivity index (χ2n) is 5.87. The molecule has 0 aliphatic heterocycles. The molecule has 1 atom stereocenters. The Kier molecular flexibility index (Phi) is 5.50. The zero-order valence-electron chi connectivity index (χ0n) is 14.3. The van der Waals surface area contributed by atoms with E-state index in [-0.39, 0.29) is 0 Å². The Hall–Kier alpha value is -2.32. The van der Waals surface area contributed by atoms with E-state index in [0.717, 1.165) is 5.75 Å². The summed E-state index contributed by atoms with van der Waals surface area (Å²) in [6, 6.07) is 30.5. The number of ether oxygens (including phenoxy) is 1. The van der Waals surface area contributed by atoms with Crippen LogP contribution in [-0.4, -0.2) is 15.4 Å². The molecule has 0 fully saturated rings. The zero-order valence-corrected chi connectivity index (χ0v) is 15.3. The molecule has 0 saturated heterocycles. The van der Waals surface area contributed by atoms with Crippen molar-refractivity contribution in [3.63, 3.8) is 0 Å². The van der Waals surface area contributed by atoms with Crippen LogP contribution in [-0.2, 0) is 0 Å². The van der Waals surface area contributed by atoms with Gasteiger partial charge >= 0.3 is 0 Å². The van der Waals surface area contributed by atoms with Crippen molar-refractivity contribution in [3.8, 4) is 5.75 Å². The Morgan fingerprint density at radius 2 is 1.25 bits per heavy atom. The lowest BCUT2D eigenvalue weighted by Crippen LogP contribution is -2.46. The molecule has 1 nitrogen and oxygen atoms in total. The molecule has 2 heteroatoms. The first kappa shape index (κ1) is 16.5. The lowest BCUT2D eigenvalue weighted by molar-refractivity contribution is 0.340. The molecule has 0 heterocycles. The summed E-state index contributed by atoms with van der Waals surface area (Å²) in [5, 5.41) is 2.91. The molecule has 0 saturated carbocycles. The van der Waals surface area contributed by atoms with Gasteiger partial charge in [0.05, 0.1) is 6.61 Å². The first-order valence-electron chi connectivity index (χ1n) is 8.50. The Labute approximate surface area is 146 Å². The highest BCUT2D eigenvalue weighted by atomic mass is 28.3. The van der Waals surface area contributed by atoms with Gasteiger partial charge in [0.2, 0.25) is 0 Å². The fourth-order valence-electron chi connectivity index (χ4n) is 3.09. The summed E-state index contributed by atoms with van der Waals surface area (Å²) < 4.78 is 5.58. The molecule has 0 spiro atoms. The van der Waals surface area contributed by atoms with Gasteiger partial charge in [0, 0.05) is 0 Å². The average Bonchev–Trinajstić information content (AvgIpc) is 2.64. The van der Waals surface area contributed by atoms with Crippen LogP contribution in [0.1, 0.15) is 25.0 Å². The molecule has 0 aliphatic rings. The van der Waals surface area contributed by atoms with Crippen molar-refractivity contribution in [3.05, 3.63) is 90.5 Å². The minimum atomic E-state index is -0.895. The highest BCUT2D eigenvalue weighted by molar-refractivity contribution is 6.86. The largest absolute Gasteiger partial charge is 0.494 e. The molecule has 121 valence electrons. The van der Waals surface area contributed by atoms with E-state index >= 15 is 0 Å². The Bertz CT molecular complexity index is 698. The molecule has 3 aromatic rings. The normalized spacial score (nSPS) is 12.1. The van der Waals surface area contributed by atoms with Crippen LogP contribution in [0.15, 0.2) is 84.9 Å². The summed E-state index contributed by atoms with van der Waals surface area (Å²) in [4.78, 5) is 0. The van der Waals surface area contributed by atoms with Gasteiger partial charge < -0.3 is 4.74 Å². The first-order chi connectivity index (χ1) is 11.8. The molecular weight excluding hydrogens is 308 g/mol. The predicted octanol–water partition coefficient (Wildman–Crippen LogP) is 4.04. The van der Waals surface area contributed by atoms with Crippen molar-refractivity contribution in [1.82, 2.24) is 0 Å². The fraction of sp³-hybridized carbons (Fsp3) is 0.182. The summed E-state index contributed by atoms with van der Waals surface area (Å²) in [6.45, 7) is 5.07. The summed E-state index contributed by atoms with van der Waals surface area (Å²) in [5.74, 6) is 0.946. The van der Waals surface area contributed by atoms with E-state index in [1.165, 1.54) is 15.9 Å². The van der Waals surface area contributed by atoms with E-state index in [4.69, 9.17) is 4.74 Å². The van der Waals surface area contributed by atoms with Crippen LogP contribution in [0.4, 0.5) is 0 Å². The SMILES string of the molecule is CCOc1ccc(C(C)[Si](c2ccccc2)c2ccccc2)cc1. The quantitative estimate of drug-likeness (QED) is 0.620. The van der Waals surface area contributed by atoms with E-state index in [9.17, 15) is 0 Å². The van der Waals surface area contributed by atoms with Crippen LogP contribution < -0.4 is 15.1 Å². The van der Waals surface area contributed by atoms with E-state index in [0.29, 0.717) is 12.1 Å². The van der Waals surface area contributed by atoms with Crippen LogP contribution in [0, 0.1) is 0 Å². The van der Waals surface area contributed by atoms with E-state index < -0.39 is 8.80 Å². The smallest absolute Gasteiger partial charge is 0.128 e. The molecule has 0 N–H and O–H groups in total. The molecule has 0 amide bonds.